The average molecular weight is 416 g/mol. The van der Waals surface area contributed by atoms with Crippen LogP contribution in [0, 0.1) is 13.8 Å². The maximum absolute atomic E-state index is 13.4. The van der Waals surface area contributed by atoms with Gasteiger partial charge < -0.3 is 15.5 Å². The molecule has 0 fully saturated rings. The van der Waals surface area contributed by atoms with Crippen molar-refractivity contribution < 1.29 is 9.59 Å². The highest BCUT2D eigenvalue weighted by molar-refractivity contribution is 6.00. The number of nitrogens with zero attached hydrogens (tertiary/aromatic N) is 1. The van der Waals surface area contributed by atoms with E-state index >= 15 is 0 Å². The first-order chi connectivity index (χ1) is 13.4. The van der Waals surface area contributed by atoms with Crippen LogP contribution in [0.5, 0.6) is 0 Å². The summed E-state index contributed by atoms with van der Waals surface area (Å²) in [4.78, 5) is 27.6. The Bertz CT molecular complexity index is 884. The molecule has 0 bridgehead atoms. The number of fused-ring (bicyclic) bond motifs is 1. The second-order valence-electron chi connectivity index (χ2n) is 7.59. The third kappa shape index (κ3) is 5.17. The Morgan fingerprint density at radius 3 is 2.62 bits per heavy atom. The molecule has 2 N–H and O–H groups in total. The predicted molar refractivity (Wildman–Crippen MR) is 120 cm³/mol. The quantitative estimate of drug-likeness (QED) is 0.787. The molecule has 3 rings (SSSR count). The molecule has 156 valence electrons. The van der Waals surface area contributed by atoms with Crippen molar-refractivity contribution in [3.8, 4) is 0 Å². The molecule has 2 aromatic rings. The molecule has 0 aromatic heterocycles. The Kier molecular flexibility index (Phi) is 7.82. The van der Waals surface area contributed by atoms with Gasteiger partial charge in [-0.15, -0.1) is 12.4 Å². The number of para-hydroxylation sites is 1. The van der Waals surface area contributed by atoms with Gasteiger partial charge >= 0.3 is 0 Å². The second-order valence-corrected chi connectivity index (χ2v) is 7.59. The number of hydrogen-bond donors (Lipinski definition) is 2. The largest absolute Gasteiger partial charge is 0.343 e. The van der Waals surface area contributed by atoms with Crippen LogP contribution in [0.2, 0.25) is 0 Å². The van der Waals surface area contributed by atoms with E-state index < -0.39 is 6.04 Å². The zero-order valence-corrected chi connectivity index (χ0v) is 18.3. The summed E-state index contributed by atoms with van der Waals surface area (Å²) in [5.41, 5.74) is 5.56. The Morgan fingerprint density at radius 2 is 1.93 bits per heavy atom. The number of nitrogens with one attached hydrogen (secondary N) is 2. The minimum absolute atomic E-state index is 0. The van der Waals surface area contributed by atoms with Gasteiger partial charge in [0, 0.05) is 5.69 Å². The van der Waals surface area contributed by atoms with Gasteiger partial charge in [0.15, 0.2) is 0 Å². The predicted octanol–water partition coefficient (Wildman–Crippen LogP) is 3.30. The fraction of sp³-hybridized carbons (Fsp3) is 0.391. The summed E-state index contributed by atoms with van der Waals surface area (Å²) >= 11 is 0. The standard InChI is InChI=1S/C23H29N3O2.ClH/c1-15-9-10-19(16(2)13-15)14-26-21-8-6-5-7-18(21)11-12-20(23(26)28)25-22(27)17(3)24-4;/h5-10,13,17,20,24H,11-12,14H2,1-4H3,(H,25,27);1H. The molecule has 2 unspecified atom stereocenters. The monoisotopic (exact) mass is 415 g/mol. The van der Waals surface area contributed by atoms with E-state index in [2.05, 4.69) is 48.7 Å². The Morgan fingerprint density at radius 1 is 1.21 bits per heavy atom. The molecule has 0 saturated carbocycles. The van der Waals surface area contributed by atoms with Crippen LogP contribution in [0.15, 0.2) is 42.5 Å². The number of anilines is 1. The van der Waals surface area contributed by atoms with Crippen molar-refractivity contribution in [3.05, 3.63) is 64.7 Å². The maximum atomic E-state index is 13.4. The van der Waals surface area contributed by atoms with Crippen LogP contribution < -0.4 is 15.5 Å². The highest BCUT2D eigenvalue weighted by Gasteiger charge is 2.32. The van der Waals surface area contributed by atoms with Gasteiger partial charge in [-0.3, -0.25) is 9.59 Å². The van der Waals surface area contributed by atoms with E-state index in [0.717, 1.165) is 23.2 Å². The number of likely N-dealkylation sites (N-methyl/N-ethyl adjacent to an activating group) is 1. The van der Waals surface area contributed by atoms with Crippen molar-refractivity contribution in [1.82, 2.24) is 10.6 Å². The molecule has 0 saturated heterocycles. The number of carbonyl (C=O) groups excluding carboxylic acids is 2. The van der Waals surface area contributed by atoms with Crippen LogP contribution in [-0.2, 0) is 22.6 Å². The summed E-state index contributed by atoms with van der Waals surface area (Å²) in [6, 6.07) is 13.5. The van der Waals surface area contributed by atoms with Crippen molar-refractivity contribution in [2.24, 2.45) is 0 Å². The highest BCUT2D eigenvalue weighted by Crippen LogP contribution is 2.29. The molecule has 2 aromatic carbocycles. The molecule has 0 radical (unpaired) electrons. The molecule has 29 heavy (non-hydrogen) atoms. The van der Waals surface area contributed by atoms with Gasteiger partial charge in [-0.1, -0.05) is 42.0 Å². The van der Waals surface area contributed by atoms with Crippen molar-refractivity contribution in [2.75, 3.05) is 11.9 Å². The van der Waals surface area contributed by atoms with Crippen molar-refractivity contribution >= 4 is 29.9 Å². The van der Waals surface area contributed by atoms with Gasteiger partial charge in [-0.2, -0.15) is 0 Å². The molecular formula is C23H30ClN3O2. The van der Waals surface area contributed by atoms with E-state index in [4.69, 9.17) is 0 Å². The zero-order chi connectivity index (χ0) is 20.3. The van der Waals surface area contributed by atoms with Gasteiger partial charge in [0.2, 0.25) is 11.8 Å². The summed E-state index contributed by atoms with van der Waals surface area (Å²) < 4.78 is 0. The molecule has 5 nitrogen and oxygen atoms in total. The Labute approximate surface area is 179 Å². The first-order valence-electron chi connectivity index (χ1n) is 9.83. The topological polar surface area (TPSA) is 61.4 Å². The summed E-state index contributed by atoms with van der Waals surface area (Å²) in [6.45, 7) is 6.43. The molecule has 1 heterocycles. The Balaban J connectivity index is 0.00000300. The first-order valence-corrected chi connectivity index (χ1v) is 9.83. The van der Waals surface area contributed by atoms with Crippen molar-refractivity contribution in [1.29, 1.82) is 0 Å². The molecular weight excluding hydrogens is 386 g/mol. The normalized spacial score (nSPS) is 17.0. The van der Waals surface area contributed by atoms with Gasteiger partial charge in [0.1, 0.15) is 6.04 Å². The molecule has 6 heteroatoms. The van der Waals surface area contributed by atoms with Crippen LogP contribution >= 0.6 is 12.4 Å². The van der Waals surface area contributed by atoms with E-state index in [-0.39, 0.29) is 30.3 Å². The lowest BCUT2D eigenvalue weighted by molar-refractivity contribution is -0.128. The molecule has 1 aliphatic rings. The molecule has 0 aliphatic carbocycles. The van der Waals surface area contributed by atoms with Crippen molar-refractivity contribution in [2.45, 2.75) is 52.2 Å². The van der Waals surface area contributed by atoms with E-state index in [1.54, 1.807) is 14.0 Å². The highest BCUT2D eigenvalue weighted by atomic mass is 35.5. The number of halogens is 1. The minimum Gasteiger partial charge on any atom is -0.343 e. The van der Waals surface area contributed by atoms with Gasteiger partial charge in [0.05, 0.1) is 12.6 Å². The van der Waals surface area contributed by atoms with Crippen molar-refractivity contribution in [3.63, 3.8) is 0 Å². The third-order valence-corrected chi connectivity index (χ3v) is 5.52. The smallest absolute Gasteiger partial charge is 0.249 e. The number of amides is 2. The van der Waals surface area contributed by atoms with E-state index in [1.165, 1.54) is 11.1 Å². The molecule has 2 amide bonds. The van der Waals surface area contributed by atoms with Crippen LogP contribution in [0.25, 0.3) is 0 Å². The number of rotatable bonds is 5. The number of hydrogen-bond acceptors (Lipinski definition) is 3. The Hall–Kier alpha value is -2.37. The number of aryl methyl sites for hydroxylation is 3. The van der Waals surface area contributed by atoms with Gasteiger partial charge in [-0.25, -0.2) is 0 Å². The van der Waals surface area contributed by atoms with Gasteiger partial charge in [0.25, 0.3) is 0 Å². The maximum Gasteiger partial charge on any atom is 0.249 e. The molecule has 0 spiro atoms. The molecule has 2 atom stereocenters. The van der Waals surface area contributed by atoms with Crippen LogP contribution in [0.3, 0.4) is 0 Å². The van der Waals surface area contributed by atoms with E-state index in [1.807, 2.05) is 23.1 Å². The second kappa shape index (κ2) is 9.90. The fourth-order valence-corrected chi connectivity index (χ4v) is 3.63. The lowest BCUT2D eigenvalue weighted by Crippen LogP contribution is -2.52. The summed E-state index contributed by atoms with van der Waals surface area (Å²) in [6.07, 6.45) is 1.35. The van der Waals surface area contributed by atoms with Crippen LogP contribution in [0.4, 0.5) is 5.69 Å². The minimum atomic E-state index is -0.526. The summed E-state index contributed by atoms with van der Waals surface area (Å²) in [5.74, 6) is -0.208. The van der Waals surface area contributed by atoms with Gasteiger partial charge in [-0.05, 0) is 63.4 Å². The lowest BCUT2D eigenvalue weighted by atomic mass is 10.0. The first kappa shape index (κ1) is 22.9. The van der Waals surface area contributed by atoms with E-state index in [0.29, 0.717) is 13.0 Å². The number of carbonyl (C=O) groups is 2. The summed E-state index contributed by atoms with van der Waals surface area (Å²) in [5, 5.41) is 5.87. The number of benzene rings is 2. The van der Waals surface area contributed by atoms with Crippen LogP contribution in [-0.4, -0.2) is 30.9 Å². The van der Waals surface area contributed by atoms with E-state index in [9.17, 15) is 9.59 Å². The third-order valence-electron chi connectivity index (χ3n) is 5.52. The SMILES string of the molecule is CNC(C)C(=O)NC1CCc2ccccc2N(Cc2ccc(C)cc2C)C1=O.Cl. The molecule has 1 aliphatic heterocycles. The summed E-state index contributed by atoms with van der Waals surface area (Å²) in [7, 11) is 1.74. The lowest BCUT2D eigenvalue weighted by Gasteiger charge is -2.27. The van der Waals surface area contributed by atoms with Crippen LogP contribution in [0.1, 0.15) is 35.6 Å². The average Bonchev–Trinajstić information content (AvgIpc) is 2.81. The zero-order valence-electron chi connectivity index (χ0n) is 17.5. The fourth-order valence-electron chi connectivity index (χ4n) is 3.63.